The van der Waals surface area contributed by atoms with Crippen molar-refractivity contribution >= 4 is 15.9 Å². The summed E-state index contributed by atoms with van der Waals surface area (Å²) in [5.41, 5.74) is 5.32. The number of rotatable bonds is 4. The quantitative estimate of drug-likeness (QED) is 0.637. The Morgan fingerprint density at radius 1 is 1.61 bits per heavy atom. The predicted molar refractivity (Wildman–Crippen MR) is 65.5 cm³/mol. The fourth-order valence-corrected chi connectivity index (χ4v) is 3.31. The lowest BCUT2D eigenvalue weighted by Gasteiger charge is -2.10. The van der Waals surface area contributed by atoms with Crippen LogP contribution in [0.15, 0.2) is 17.2 Å². The molecule has 0 radical (unpaired) electrons. The fraction of sp³-hybridized carbons (Fsp3) is 0.500. The van der Waals surface area contributed by atoms with E-state index in [4.69, 9.17) is 5.73 Å². The highest BCUT2D eigenvalue weighted by molar-refractivity contribution is 7.89. The van der Waals surface area contributed by atoms with Gasteiger partial charge in [-0.1, -0.05) is 0 Å². The first-order valence-electron chi connectivity index (χ1n) is 5.59. The second-order valence-corrected chi connectivity index (χ2v) is 6.06. The first-order valence-corrected chi connectivity index (χ1v) is 7.07. The molecule has 0 aliphatic carbocycles. The van der Waals surface area contributed by atoms with Gasteiger partial charge in [0.1, 0.15) is 10.6 Å². The van der Waals surface area contributed by atoms with Crippen molar-refractivity contribution in [1.82, 2.24) is 14.6 Å². The van der Waals surface area contributed by atoms with E-state index in [2.05, 4.69) is 10.0 Å². The average molecular weight is 272 g/mol. The number of amides is 1. The highest BCUT2D eigenvalue weighted by atomic mass is 32.2. The lowest BCUT2D eigenvalue weighted by molar-refractivity contribution is 0.0992. The first kappa shape index (κ1) is 13.1. The number of carbonyl (C=O) groups excluding carboxylic acids is 1. The maximum atomic E-state index is 12.1. The number of hydrogen-bond acceptors (Lipinski definition) is 4. The molecule has 0 aromatic carbocycles. The second-order valence-electron chi connectivity index (χ2n) is 4.35. The molecule has 8 heteroatoms. The molecule has 1 unspecified atom stereocenters. The Morgan fingerprint density at radius 2 is 2.33 bits per heavy atom. The lowest BCUT2D eigenvalue weighted by Crippen LogP contribution is -2.36. The van der Waals surface area contributed by atoms with E-state index in [9.17, 15) is 13.2 Å². The third-order valence-electron chi connectivity index (χ3n) is 2.92. The zero-order chi connectivity index (χ0) is 13.3. The summed E-state index contributed by atoms with van der Waals surface area (Å²) in [5, 5.41) is 3.07. The third-order valence-corrected chi connectivity index (χ3v) is 4.41. The molecule has 1 amide bonds. The van der Waals surface area contributed by atoms with Crippen LogP contribution < -0.4 is 15.8 Å². The summed E-state index contributed by atoms with van der Waals surface area (Å²) in [7, 11) is -2.02. The van der Waals surface area contributed by atoms with Crippen molar-refractivity contribution in [2.45, 2.75) is 17.4 Å². The number of nitrogens with one attached hydrogen (secondary N) is 2. The van der Waals surface area contributed by atoms with Crippen LogP contribution >= 0.6 is 0 Å². The van der Waals surface area contributed by atoms with E-state index in [-0.39, 0.29) is 16.6 Å². The highest BCUT2D eigenvalue weighted by Gasteiger charge is 2.24. The van der Waals surface area contributed by atoms with Crippen LogP contribution in [0.25, 0.3) is 0 Å². The van der Waals surface area contributed by atoms with Crippen LogP contribution in [0.4, 0.5) is 0 Å². The summed E-state index contributed by atoms with van der Waals surface area (Å²) in [6, 6.07) is 1.18. The molecule has 100 valence electrons. The molecule has 2 rings (SSSR count). The van der Waals surface area contributed by atoms with Crippen molar-refractivity contribution in [3.05, 3.63) is 18.0 Å². The van der Waals surface area contributed by atoms with Gasteiger partial charge in [0.25, 0.3) is 5.91 Å². The van der Waals surface area contributed by atoms with Crippen LogP contribution in [0.1, 0.15) is 16.9 Å². The maximum Gasteiger partial charge on any atom is 0.265 e. The third kappa shape index (κ3) is 2.55. The number of nitrogens with zero attached hydrogens (tertiary/aromatic N) is 1. The molecular formula is C10H16N4O3S. The van der Waals surface area contributed by atoms with Gasteiger partial charge in [-0.2, -0.15) is 0 Å². The van der Waals surface area contributed by atoms with E-state index >= 15 is 0 Å². The Bertz CT molecular complexity index is 558. The molecule has 0 spiro atoms. The van der Waals surface area contributed by atoms with Gasteiger partial charge in [0.05, 0.1) is 0 Å². The fourth-order valence-electron chi connectivity index (χ4n) is 1.97. The molecule has 1 fully saturated rings. The van der Waals surface area contributed by atoms with Crippen molar-refractivity contribution in [3.8, 4) is 0 Å². The minimum Gasteiger partial charge on any atom is -0.364 e. The summed E-state index contributed by atoms with van der Waals surface area (Å²) >= 11 is 0. The summed E-state index contributed by atoms with van der Waals surface area (Å²) in [6.07, 6.45) is 2.14. The largest absolute Gasteiger partial charge is 0.364 e. The second kappa shape index (κ2) is 4.71. The van der Waals surface area contributed by atoms with Crippen molar-refractivity contribution in [1.29, 1.82) is 0 Å². The number of carbonyl (C=O) groups is 1. The zero-order valence-corrected chi connectivity index (χ0v) is 10.8. The molecule has 1 aromatic heterocycles. The normalized spacial score (nSPS) is 20.2. The molecule has 4 N–H and O–H groups in total. The molecule has 2 heterocycles. The van der Waals surface area contributed by atoms with E-state index in [1.165, 1.54) is 16.8 Å². The minimum atomic E-state index is -3.60. The van der Waals surface area contributed by atoms with E-state index < -0.39 is 15.9 Å². The number of sulfonamides is 1. The van der Waals surface area contributed by atoms with Crippen molar-refractivity contribution in [2.75, 3.05) is 13.1 Å². The van der Waals surface area contributed by atoms with Crippen LogP contribution in [0.3, 0.4) is 0 Å². The number of primary amides is 1. The standard InChI is InChI=1S/C10H16N4O3S/c1-14-6-8(4-9(14)10(11)15)18(16,17)13-7-2-3-12-5-7/h4,6-7,12-13H,2-3,5H2,1H3,(H2,11,15). The monoisotopic (exact) mass is 272 g/mol. The van der Waals surface area contributed by atoms with Crippen LogP contribution in [0.5, 0.6) is 0 Å². The van der Waals surface area contributed by atoms with Gasteiger partial charge in [-0.05, 0) is 19.0 Å². The van der Waals surface area contributed by atoms with Gasteiger partial charge < -0.3 is 15.6 Å². The molecular weight excluding hydrogens is 256 g/mol. The van der Waals surface area contributed by atoms with Crippen molar-refractivity contribution in [3.63, 3.8) is 0 Å². The predicted octanol–water partition coefficient (Wildman–Crippen LogP) is -1.24. The molecule has 1 aromatic rings. The number of nitrogens with two attached hydrogens (primary N) is 1. The molecule has 18 heavy (non-hydrogen) atoms. The van der Waals surface area contributed by atoms with Gasteiger partial charge in [-0.3, -0.25) is 4.79 Å². The van der Waals surface area contributed by atoms with Gasteiger partial charge in [0, 0.05) is 25.8 Å². The van der Waals surface area contributed by atoms with E-state index in [1.54, 1.807) is 7.05 Å². The lowest BCUT2D eigenvalue weighted by atomic mass is 10.3. The van der Waals surface area contributed by atoms with Crippen molar-refractivity contribution in [2.24, 2.45) is 12.8 Å². The van der Waals surface area contributed by atoms with Crippen molar-refractivity contribution < 1.29 is 13.2 Å². The highest BCUT2D eigenvalue weighted by Crippen LogP contribution is 2.14. The summed E-state index contributed by atoms with van der Waals surface area (Å²) < 4.78 is 28.1. The number of aryl methyl sites for hydroxylation is 1. The maximum absolute atomic E-state index is 12.1. The van der Waals surface area contributed by atoms with Gasteiger partial charge >= 0.3 is 0 Å². The molecule has 7 nitrogen and oxygen atoms in total. The molecule has 1 aliphatic rings. The van der Waals surface area contributed by atoms with E-state index in [0.29, 0.717) is 6.54 Å². The summed E-state index contributed by atoms with van der Waals surface area (Å²) in [6.45, 7) is 1.42. The first-order chi connectivity index (χ1) is 8.40. The van der Waals surface area contributed by atoms with Crippen LogP contribution in [0.2, 0.25) is 0 Å². The van der Waals surface area contributed by atoms with Gasteiger partial charge in [0.2, 0.25) is 10.0 Å². The van der Waals surface area contributed by atoms with E-state index in [0.717, 1.165) is 13.0 Å². The van der Waals surface area contributed by atoms with Gasteiger partial charge in [-0.25, -0.2) is 13.1 Å². The summed E-state index contributed by atoms with van der Waals surface area (Å²) in [4.78, 5) is 11.1. The number of hydrogen-bond donors (Lipinski definition) is 3. The molecule has 1 atom stereocenters. The Kier molecular flexibility index (Phi) is 3.42. The average Bonchev–Trinajstić information content (AvgIpc) is 2.86. The van der Waals surface area contributed by atoms with E-state index in [1.807, 2.05) is 0 Å². The topological polar surface area (TPSA) is 106 Å². The Balaban J connectivity index is 2.24. The SMILES string of the molecule is Cn1cc(S(=O)(=O)NC2CCNC2)cc1C(N)=O. The molecule has 0 bridgehead atoms. The van der Waals surface area contributed by atoms with Crippen LogP contribution in [-0.2, 0) is 17.1 Å². The van der Waals surface area contributed by atoms with Gasteiger partial charge in [0.15, 0.2) is 0 Å². The molecule has 0 saturated carbocycles. The smallest absolute Gasteiger partial charge is 0.265 e. The molecule has 1 saturated heterocycles. The Hall–Kier alpha value is -1.38. The number of aromatic nitrogens is 1. The van der Waals surface area contributed by atoms with Crippen LogP contribution in [-0.4, -0.2) is 38.0 Å². The minimum absolute atomic E-state index is 0.0608. The molecule has 1 aliphatic heterocycles. The Morgan fingerprint density at radius 3 is 2.83 bits per heavy atom. The zero-order valence-electron chi connectivity index (χ0n) is 10.0. The van der Waals surface area contributed by atoms with Gasteiger partial charge in [-0.15, -0.1) is 0 Å². The summed E-state index contributed by atoms with van der Waals surface area (Å²) in [5.74, 6) is -0.651. The Labute approximate surface area is 105 Å². The van der Waals surface area contributed by atoms with Crippen LogP contribution in [0, 0.1) is 0 Å².